The fraction of sp³-hybridized carbons (Fsp3) is 0.318. The maximum absolute atomic E-state index is 12.8. The quantitative estimate of drug-likeness (QED) is 0.806. The molecule has 0 aromatic heterocycles. The van der Waals surface area contributed by atoms with E-state index in [1.165, 1.54) is 0 Å². The Morgan fingerprint density at radius 3 is 2.60 bits per heavy atom. The van der Waals surface area contributed by atoms with Crippen molar-refractivity contribution in [3.63, 3.8) is 0 Å². The maximum atomic E-state index is 12.8. The normalized spacial score (nSPS) is 17.6. The molecule has 2 aliphatic rings. The van der Waals surface area contributed by atoms with Crippen LogP contribution >= 0.6 is 0 Å². The number of carbonyl (C=O) groups is 3. The molecule has 0 bridgehead atoms. The highest BCUT2D eigenvalue weighted by atomic mass is 16.6. The molecule has 2 N–H and O–H groups in total. The highest BCUT2D eigenvalue weighted by Crippen LogP contribution is 2.36. The Bertz CT molecular complexity index is 1020. The minimum absolute atomic E-state index is 0.120. The third-order valence-corrected chi connectivity index (χ3v) is 5.32. The lowest BCUT2D eigenvalue weighted by molar-refractivity contribution is -0.122. The Morgan fingerprint density at radius 1 is 1.07 bits per heavy atom. The van der Waals surface area contributed by atoms with Crippen LogP contribution in [0.3, 0.4) is 0 Å². The molecular weight excluding hydrogens is 386 g/mol. The number of nitrogens with one attached hydrogen (secondary N) is 2. The lowest BCUT2D eigenvalue weighted by Crippen LogP contribution is -2.28. The molecule has 2 aromatic carbocycles. The monoisotopic (exact) mass is 409 g/mol. The molecule has 4 rings (SSSR count). The lowest BCUT2D eigenvalue weighted by atomic mass is 10.1. The minimum Gasteiger partial charge on any atom is -0.486 e. The van der Waals surface area contributed by atoms with Gasteiger partial charge in [-0.2, -0.15) is 0 Å². The van der Waals surface area contributed by atoms with Gasteiger partial charge in [0.15, 0.2) is 11.5 Å². The molecule has 1 atom stereocenters. The number of anilines is 2. The molecule has 0 aliphatic carbocycles. The molecule has 2 aromatic rings. The first kappa shape index (κ1) is 19.8. The van der Waals surface area contributed by atoms with Crippen LogP contribution in [0.25, 0.3) is 0 Å². The van der Waals surface area contributed by atoms with Crippen molar-refractivity contribution in [1.29, 1.82) is 0 Å². The van der Waals surface area contributed by atoms with E-state index in [9.17, 15) is 14.4 Å². The largest absolute Gasteiger partial charge is 0.486 e. The van der Waals surface area contributed by atoms with Gasteiger partial charge in [-0.25, -0.2) is 0 Å². The van der Waals surface area contributed by atoms with Gasteiger partial charge in [0.25, 0.3) is 5.91 Å². The van der Waals surface area contributed by atoms with Crippen LogP contribution in [0.4, 0.5) is 11.4 Å². The third-order valence-electron chi connectivity index (χ3n) is 5.32. The van der Waals surface area contributed by atoms with E-state index in [0.717, 1.165) is 5.56 Å². The van der Waals surface area contributed by atoms with Crippen LogP contribution in [0.2, 0.25) is 0 Å². The van der Waals surface area contributed by atoms with Gasteiger partial charge in [0, 0.05) is 43.0 Å². The average molecular weight is 409 g/mol. The lowest BCUT2D eigenvalue weighted by Gasteiger charge is -2.22. The number of hydrogen-bond donors (Lipinski definition) is 2. The molecule has 0 radical (unpaired) electrons. The van der Waals surface area contributed by atoms with E-state index in [0.29, 0.717) is 41.7 Å². The minimum atomic E-state index is -0.492. The van der Waals surface area contributed by atoms with Crippen molar-refractivity contribution in [1.82, 2.24) is 5.32 Å². The number of ether oxygens (including phenoxy) is 2. The highest BCUT2D eigenvalue weighted by molar-refractivity contribution is 6.04. The molecule has 8 heteroatoms. The van der Waals surface area contributed by atoms with Crippen LogP contribution in [0.15, 0.2) is 36.4 Å². The zero-order valence-electron chi connectivity index (χ0n) is 16.9. The van der Waals surface area contributed by atoms with Gasteiger partial charge < -0.3 is 25.0 Å². The highest BCUT2D eigenvalue weighted by Gasteiger charge is 2.35. The summed E-state index contributed by atoms with van der Waals surface area (Å²) >= 11 is 0. The van der Waals surface area contributed by atoms with Crippen LogP contribution in [-0.4, -0.2) is 44.5 Å². The fourth-order valence-corrected chi connectivity index (χ4v) is 3.61. The first-order chi connectivity index (χ1) is 14.5. The van der Waals surface area contributed by atoms with E-state index in [-0.39, 0.29) is 30.7 Å². The molecule has 2 heterocycles. The Hall–Kier alpha value is -3.55. The number of hydrogen-bond acceptors (Lipinski definition) is 5. The summed E-state index contributed by atoms with van der Waals surface area (Å²) in [5, 5.41) is 5.44. The van der Waals surface area contributed by atoms with E-state index < -0.39 is 5.92 Å². The molecule has 1 unspecified atom stereocenters. The molecule has 0 saturated carbocycles. The molecular formula is C22H23N3O5. The standard InChI is InChI=1S/C22H23N3O5/c1-13-3-4-14(21(27)23-2)9-17(13)24-22(28)15-10-20(26)25(12-15)16-5-6-18-19(11-16)30-8-7-29-18/h3-6,9,11,15H,7-8,10,12H2,1-2H3,(H,23,27)(H,24,28). The summed E-state index contributed by atoms with van der Waals surface area (Å²) in [6, 6.07) is 10.5. The number of amides is 3. The number of carbonyl (C=O) groups excluding carboxylic acids is 3. The van der Waals surface area contributed by atoms with Crippen molar-refractivity contribution < 1.29 is 23.9 Å². The fourth-order valence-electron chi connectivity index (χ4n) is 3.61. The van der Waals surface area contributed by atoms with E-state index in [4.69, 9.17) is 9.47 Å². The summed E-state index contributed by atoms with van der Waals surface area (Å²) in [7, 11) is 1.55. The Kier molecular flexibility index (Phi) is 5.31. The summed E-state index contributed by atoms with van der Waals surface area (Å²) < 4.78 is 11.1. The van der Waals surface area contributed by atoms with Gasteiger partial charge in [0.1, 0.15) is 13.2 Å². The Morgan fingerprint density at radius 2 is 1.83 bits per heavy atom. The first-order valence-electron chi connectivity index (χ1n) is 9.80. The SMILES string of the molecule is CNC(=O)c1ccc(C)c(NC(=O)C2CC(=O)N(c3ccc4c(c3)OCCO4)C2)c1. The van der Waals surface area contributed by atoms with E-state index in [1.54, 1.807) is 48.3 Å². The Labute approximate surface area is 174 Å². The van der Waals surface area contributed by atoms with Gasteiger partial charge in [0.2, 0.25) is 11.8 Å². The predicted molar refractivity (Wildman–Crippen MR) is 111 cm³/mol. The molecule has 30 heavy (non-hydrogen) atoms. The van der Waals surface area contributed by atoms with Crippen LogP contribution < -0.4 is 25.0 Å². The molecule has 8 nitrogen and oxygen atoms in total. The molecule has 2 aliphatic heterocycles. The number of benzene rings is 2. The van der Waals surface area contributed by atoms with Crippen molar-refractivity contribution in [3.8, 4) is 11.5 Å². The predicted octanol–water partition coefficient (Wildman–Crippen LogP) is 2.12. The third kappa shape index (κ3) is 3.80. The van der Waals surface area contributed by atoms with Gasteiger partial charge in [-0.15, -0.1) is 0 Å². The summed E-state index contributed by atoms with van der Waals surface area (Å²) in [6.45, 7) is 3.09. The van der Waals surface area contributed by atoms with Crippen LogP contribution in [0.5, 0.6) is 11.5 Å². The van der Waals surface area contributed by atoms with Crippen LogP contribution in [0.1, 0.15) is 22.3 Å². The van der Waals surface area contributed by atoms with E-state index >= 15 is 0 Å². The summed E-state index contributed by atoms with van der Waals surface area (Å²) in [5.74, 6) is 0.154. The molecule has 156 valence electrons. The maximum Gasteiger partial charge on any atom is 0.251 e. The van der Waals surface area contributed by atoms with Crippen molar-refractivity contribution in [2.24, 2.45) is 5.92 Å². The van der Waals surface area contributed by atoms with Gasteiger partial charge >= 0.3 is 0 Å². The second kappa shape index (κ2) is 8.06. The van der Waals surface area contributed by atoms with Gasteiger partial charge in [0.05, 0.1) is 5.92 Å². The second-order valence-electron chi connectivity index (χ2n) is 7.33. The number of aryl methyl sites for hydroxylation is 1. The molecule has 0 spiro atoms. The zero-order valence-corrected chi connectivity index (χ0v) is 16.9. The zero-order chi connectivity index (χ0) is 21.3. The smallest absolute Gasteiger partial charge is 0.251 e. The summed E-state index contributed by atoms with van der Waals surface area (Å²) in [6.07, 6.45) is 0.120. The molecule has 3 amide bonds. The van der Waals surface area contributed by atoms with Crippen LogP contribution in [-0.2, 0) is 9.59 Å². The van der Waals surface area contributed by atoms with Gasteiger partial charge in [-0.3, -0.25) is 14.4 Å². The van der Waals surface area contributed by atoms with Crippen molar-refractivity contribution in [2.75, 3.05) is 37.0 Å². The first-order valence-corrected chi connectivity index (χ1v) is 9.80. The molecule has 1 saturated heterocycles. The second-order valence-corrected chi connectivity index (χ2v) is 7.33. The summed E-state index contributed by atoms with van der Waals surface area (Å²) in [5.41, 5.74) is 2.53. The average Bonchev–Trinajstić information content (AvgIpc) is 3.16. The van der Waals surface area contributed by atoms with Crippen molar-refractivity contribution >= 4 is 29.1 Å². The van der Waals surface area contributed by atoms with Crippen molar-refractivity contribution in [3.05, 3.63) is 47.5 Å². The topological polar surface area (TPSA) is 97.0 Å². The number of fused-ring (bicyclic) bond motifs is 1. The number of rotatable bonds is 4. The van der Waals surface area contributed by atoms with E-state index in [1.807, 2.05) is 6.92 Å². The summed E-state index contributed by atoms with van der Waals surface area (Å²) in [4.78, 5) is 38.9. The van der Waals surface area contributed by atoms with Crippen LogP contribution in [0, 0.1) is 12.8 Å². The van der Waals surface area contributed by atoms with E-state index in [2.05, 4.69) is 10.6 Å². The Balaban J connectivity index is 1.48. The van der Waals surface area contributed by atoms with Gasteiger partial charge in [-0.05, 0) is 36.8 Å². The number of nitrogens with zero attached hydrogens (tertiary/aromatic N) is 1. The molecule has 1 fully saturated rings. The van der Waals surface area contributed by atoms with Gasteiger partial charge in [-0.1, -0.05) is 6.07 Å². The van der Waals surface area contributed by atoms with Crippen molar-refractivity contribution in [2.45, 2.75) is 13.3 Å².